The lowest BCUT2D eigenvalue weighted by Gasteiger charge is -2.35. The number of hydrogen-bond acceptors (Lipinski definition) is 5. The molecule has 1 aliphatic heterocycles. The highest BCUT2D eigenvalue weighted by molar-refractivity contribution is 7.90. The molecule has 7 nitrogen and oxygen atoms in total. The van der Waals surface area contributed by atoms with Crippen molar-refractivity contribution < 1.29 is 22.3 Å². The Labute approximate surface area is 138 Å². The topological polar surface area (TPSA) is 92.4 Å². The zero-order valence-electron chi connectivity index (χ0n) is 12.9. The minimum Gasteiger partial charge on any atom is -0.377 e. The quantitative estimate of drug-likeness (QED) is 0.894. The predicted octanol–water partition coefficient (Wildman–Crippen LogP) is 1.17. The maximum Gasteiger partial charge on any atom is 0.254 e. The number of nitrogens with one attached hydrogen (secondary N) is 1. The molecule has 1 aromatic carbocycles. The van der Waals surface area contributed by atoms with Crippen molar-refractivity contribution in [2.24, 2.45) is 0 Å². The van der Waals surface area contributed by atoms with Gasteiger partial charge in [0, 0.05) is 18.4 Å². The Morgan fingerprint density at radius 1 is 1.46 bits per heavy atom. The summed E-state index contributed by atoms with van der Waals surface area (Å²) in [6.07, 6.45) is 2.29. The lowest BCUT2D eigenvalue weighted by Crippen LogP contribution is -2.44. The maximum absolute atomic E-state index is 13.4. The van der Waals surface area contributed by atoms with Gasteiger partial charge in [-0.15, -0.1) is 0 Å². The molecule has 0 bridgehead atoms. The second kappa shape index (κ2) is 6.33. The van der Waals surface area contributed by atoms with E-state index in [0.29, 0.717) is 12.3 Å². The third kappa shape index (κ3) is 3.17. The third-order valence-electron chi connectivity index (χ3n) is 3.83. The minimum absolute atomic E-state index is 0.0232. The van der Waals surface area contributed by atoms with Crippen LogP contribution in [0.1, 0.15) is 22.1 Å². The summed E-state index contributed by atoms with van der Waals surface area (Å²) in [6, 6.07) is 4.74. The van der Waals surface area contributed by atoms with E-state index in [0.717, 1.165) is 12.3 Å². The SMILES string of the molecule is CS(=O)(=O)c1cn[nH]c1[C@H]1COCCN1C(=O)c1cccc(F)c1. The van der Waals surface area contributed by atoms with E-state index in [-0.39, 0.29) is 23.6 Å². The van der Waals surface area contributed by atoms with Gasteiger partial charge in [0.25, 0.3) is 5.91 Å². The number of morpholine rings is 1. The number of aromatic amines is 1. The lowest BCUT2D eigenvalue weighted by molar-refractivity contribution is -0.00470. The van der Waals surface area contributed by atoms with Crippen LogP contribution in [0.2, 0.25) is 0 Å². The van der Waals surface area contributed by atoms with Gasteiger partial charge in [0.1, 0.15) is 10.7 Å². The number of carbonyl (C=O) groups is 1. The molecule has 1 aliphatic rings. The highest BCUT2D eigenvalue weighted by atomic mass is 32.2. The van der Waals surface area contributed by atoms with Crippen molar-refractivity contribution in [3.63, 3.8) is 0 Å². The fourth-order valence-electron chi connectivity index (χ4n) is 2.69. The number of sulfone groups is 1. The molecule has 1 N–H and O–H groups in total. The molecule has 1 saturated heterocycles. The van der Waals surface area contributed by atoms with E-state index >= 15 is 0 Å². The Hall–Kier alpha value is -2.26. The van der Waals surface area contributed by atoms with Gasteiger partial charge in [-0.25, -0.2) is 12.8 Å². The molecule has 0 spiro atoms. The van der Waals surface area contributed by atoms with Crippen LogP contribution in [0.4, 0.5) is 4.39 Å². The summed E-state index contributed by atoms with van der Waals surface area (Å²) in [5.41, 5.74) is 0.490. The highest BCUT2D eigenvalue weighted by Gasteiger charge is 2.34. The van der Waals surface area contributed by atoms with E-state index in [1.807, 2.05) is 0 Å². The molecule has 128 valence electrons. The fraction of sp³-hybridized carbons (Fsp3) is 0.333. The summed E-state index contributed by atoms with van der Waals surface area (Å²) >= 11 is 0. The number of nitrogens with zero attached hydrogens (tertiary/aromatic N) is 2. The van der Waals surface area contributed by atoms with Crippen LogP contribution in [0.15, 0.2) is 35.4 Å². The molecule has 1 amide bonds. The Kier molecular flexibility index (Phi) is 4.37. The summed E-state index contributed by atoms with van der Waals surface area (Å²) in [5.74, 6) is -0.902. The van der Waals surface area contributed by atoms with Crippen LogP contribution in [0.3, 0.4) is 0 Å². The van der Waals surface area contributed by atoms with E-state index in [1.54, 1.807) is 0 Å². The van der Waals surface area contributed by atoms with Gasteiger partial charge in [0.05, 0.1) is 31.1 Å². The van der Waals surface area contributed by atoms with Crippen LogP contribution in [0.5, 0.6) is 0 Å². The molecule has 2 heterocycles. The minimum atomic E-state index is -3.51. The summed E-state index contributed by atoms with van der Waals surface area (Å²) in [6.45, 7) is 0.716. The summed E-state index contributed by atoms with van der Waals surface area (Å²) in [5, 5.41) is 6.44. The van der Waals surface area contributed by atoms with Crippen LogP contribution < -0.4 is 0 Å². The predicted molar refractivity (Wildman–Crippen MR) is 82.7 cm³/mol. The van der Waals surface area contributed by atoms with Crippen molar-refractivity contribution in [3.05, 3.63) is 47.5 Å². The largest absolute Gasteiger partial charge is 0.377 e. The highest BCUT2D eigenvalue weighted by Crippen LogP contribution is 2.29. The van der Waals surface area contributed by atoms with Crippen LogP contribution in [-0.4, -0.2) is 55.4 Å². The van der Waals surface area contributed by atoms with E-state index in [4.69, 9.17) is 4.74 Å². The number of ether oxygens (including phenoxy) is 1. The monoisotopic (exact) mass is 353 g/mol. The van der Waals surface area contributed by atoms with E-state index in [9.17, 15) is 17.6 Å². The van der Waals surface area contributed by atoms with Crippen molar-refractivity contribution in [3.8, 4) is 0 Å². The molecule has 24 heavy (non-hydrogen) atoms. The van der Waals surface area contributed by atoms with Crippen molar-refractivity contribution >= 4 is 15.7 Å². The number of H-pyrrole nitrogens is 1. The number of benzene rings is 1. The number of rotatable bonds is 3. The van der Waals surface area contributed by atoms with Gasteiger partial charge in [-0.05, 0) is 18.2 Å². The zero-order valence-corrected chi connectivity index (χ0v) is 13.7. The normalized spacial score (nSPS) is 18.6. The molecule has 0 radical (unpaired) electrons. The van der Waals surface area contributed by atoms with Crippen LogP contribution in [0, 0.1) is 5.82 Å². The molecule has 3 rings (SSSR count). The number of carbonyl (C=O) groups excluding carboxylic acids is 1. The second-order valence-corrected chi connectivity index (χ2v) is 7.50. The van der Waals surface area contributed by atoms with E-state index in [1.165, 1.54) is 29.3 Å². The molecule has 0 unspecified atom stereocenters. The molecule has 1 fully saturated rings. The fourth-order valence-corrected chi connectivity index (χ4v) is 3.52. The van der Waals surface area contributed by atoms with E-state index < -0.39 is 27.6 Å². The molecule has 2 aromatic rings. The van der Waals surface area contributed by atoms with Gasteiger partial charge in [-0.1, -0.05) is 6.07 Å². The summed E-state index contributed by atoms with van der Waals surface area (Å²) < 4.78 is 42.6. The van der Waals surface area contributed by atoms with Gasteiger partial charge in [0.2, 0.25) is 0 Å². The van der Waals surface area contributed by atoms with Crippen molar-refractivity contribution in [2.45, 2.75) is 10.9 Å². The first-order valence-electron chi connectivity index (χ1n) is 7.25. The first kappa shape index (κ1) is 16.6. The van der Waals surface area contributed by atoms with Gasteiger partial charge in [-0.3, -0.25) is 9.89 Å². The average molecular weight is 353 g/mol. The first-order chi connectivity index (χ1) is 11.4. The molecule has 0 saturated carbocycles. The van der Waals surface area contributed by atoms with Crippen LogP contribution in [0.25, 0.3) is 0 Å². The smallest absolute Gasteiger partial charge is 0.254 e. The summed E-state index contributed by atoms with van der Waals surface area (Å²) in [4.78, 5) is 14.2. The maximum atomic E-state index is 13.4. The zero-order chi connectivity index (χ0) is 17.3. The molecule has 1 aromatic heterocycles. The van der Waals surface area contributed by atoms with Crippen molar-refractivity contribution in [1.82, 2.24) is 15.1 Å². The Balaban J connectivity index is 1.98. The average Bonchev–Trinajstić information content (AvgIpc) is 3.04. The number of amides is 1. The molecular formula is C15H16FN3O4S. The van der Waals surface area contributed by atoms with Crippen LogP contribution in [-0.2, 0) is 14.6 Å². The summed E-state index contributed by atoms with van der Waals surface area (Å²) in [7, 11) is -3.51. The Morgan fingerprint density at radius 2 is 2.25 bits per heavy atom. The Morgan fingerprint density at radius 3 is 2.96 bits per heavy atom. The van der Waals surface area contributed by atoms with Gasteiger partial charge in [-0.2, -0.15) is 5.10 Å². The van der Waals surface area contributed by atoms with Crippen LogP contribution >= 0.6 is 0 Å². The lowest BCUT2D eigenvalue weighted by atomic mass is 10.1. The number of hydrogen-bond donors (Lipinski definition) is 1. The Bertz CT molecular complexity index is 865. The number of halogens is 1. The van der Waals surface area contributed by atoms with Gasteiger partial charge >= 0.3 is 0 Å². The third-order valence-corrected chi connectivity index (χ3v) is 4.95. The number of aromatic nitrogens is 2. The molecule has 1 atom stereocenters. The molecule has 0 aliphatic carbocycles. The van der Waals surface area contributed by atoms with E-state index in [2.05, 4.69) is 10.2 Å². The second-order valence-electron chi connectivity index (χ2n) is 5.52. The van der Waals surface area contributed by atoms with Crippen molar-refractivity contribution in [2.75, 3.05) is 26.0 Å². The van der Waals surface area contributed by atoms with Gasteiger partial charge < -0.3 is 9.64 Å². The molecular weight excluding hydrogens is 337 g/mol. The standard InChI is InChI=1S/C15H16FN3O4S/c1-24(21,22)13-8-17-18-14(13)12-9-23-6-5-19(12)15(20)10-3-2-4-11(16)7-10/h2-4,7-8,12H,5-6,9H2,1H3,(H,17,18)/t12-/m1/s1. The first-order valence-corrected chi connectivity index (χ1v) is 9.14. The molecule has 9 heteroatoms. The van der Waals surface area contributed by atoms with Crippen molar-refractivity contribution in [1.29, 1.82) is 0 Å². The van der Waals surface area contributed by atoms with Gasteiger partial charge in [0.15, 0.2) is 9.84 Å².